The third kappa shape index (κ3) is 6.42. The Balaban J connectivity index is 1.50. The minimum Gasteiger partial charge on any atom is -0.148 e. The van der Waals surface area contributed by atoms with E-state index in [4.69, 9.17) is 0 Å². The van der Waals surface area contributed by atoms with E-state index >= 15 is 0 Å². The largest absolute Gasteiger partial charge is 0.255 e. The molecule has 0 saturated heterocycles. The lowest BCUT2D eigenvalue weighted by Crippen LogP contribution is -2.54. The first-order valence-corrected chi connectivity index (χ1v) is 18.9. The van der Waals surface area contributed by atoms with Crippen LogP contribution in [0.5, 0.6) is 0 Å². The van der Waals surface area contributed by atoms with Gasteiger partial charge in [0.1, 0.15) is 0 Å². The summed E-state index contributed by atoms with van der Waals surface area (Å²) in [5.41, 5.74) is 22.1. The second-order valence-electron chi connectivity index (χ2n) is 14.5. The van der Waals surface area contributed by atoms with E-state index in [9.17, 15) is 0 Å². The first kappa shape index (κ1) is 34.3. The molecule has 6 rings (SSSR count). The van der Waals surface area contributed by atoms with Crippen molar-refractivity contribution in [3.8, 4) is 9.75 Å². The third-order valence-electron chi connectivity index (χ3n) is 10.2. The molecular formula is C44H48B2S2. The zero-order valence-electron chi connectivity index (χ0n) is 30.9. The molecule has 0 saturated carbocycles. The van der Waals surface area contributed by atoms with Crippen LogP contribution in [-0.2, 0) is 0 Å². The second kappa shape index (κ2) is 13.4. The average molecular weight is 663 g/mol. The molecule has 0 fully saturated rings. The van der Waals surface area contributed by atoms with E-state index in [-0.39, 0.29) is 13.4 Å². The molecule has 0 aliphatic carbocycles. The summed E-state index contributed by atoms with van der Waals surface area (Å²) >= 11 is 3.94. The summed E-state index contributed by atoms with van der Waals surface area (Å²) in [6, 6.07) is 28.4. The van der Waals surface area contributed by atoms with E-state index < -0.39 is 0 Å². The summed E-state index contributed by atoms with van der Waals surface area (Å²) in [6.45, 7) is 27.6. The number of thiophene rings is 2. The Morgan fingerprint density at radius 3 is 0.729 bits per heavy atom. The molecule has 2 heterocycles. The zero-order valence-corrected chi connectivity index (χ0v) is 32.5. The molecule has 6 aromatic rings. The van der Waals surface area contributed by atoms with Crippen molar-refractivity contribution in [2.24, 2.45) is 0 Å². The van der Waals surface area contributed by atoms with Crippen LogP contribution in [0.4, 0.5) is 0 Å². The van der Waals surface area contributed by atoms with Crippen LogP contribution in [0.15, 0.2) is 72.8 Å². The minimum absolute atomic E-state index is 0.202. The lowest BCUT2D eigenvalue weighted by Gasteiger charge is -2.23. The van der Waals surface area contributed by atoms with Gasteiger partial charge in [-0.1, -0.05) is 149 Å². The van der Waals surface area contributed by atoms with E-state index in [0.717, 1.165) is 0 Å². The van der Waals surface area contributed by atoms with E-state index in [1.807, 2.05) is 22.7 Å². The molecule has 4 aromatic carbocycles. The van der Waals surface area contributed by atoms with Crippen LogP contribution >= 0.6 is 22.7 Å². The molecule has 0 nitrogen and oxygen atoms in total. The van der Waals surface area contributed by atoms with Gasteiger partial charge in [0, 0.05) is 9.75 Å². The summed E-state index contributed by atoms with van der Waals surface area (Å²) in [4.78, 5) is 2.70. The van der Waals surface area contributed by atoms with E-state index in [1.54, 1.807) is 0 Å². The van der Waals surface area contributed by atoms with Gasteiger partial charge in [0.2, 0.25) is 0 Å². The van der Waals surface area contributed by atoms with Gasteiger partial charge in [-0.15, -0.1) is 22.7 Å². The molecule has 0 amide bonds. The van der Waals surface area contributed by atoms with Crippen molar-refractivity contribution in [1.29, 1.82) is 0 Å². The zero-order chi connectivity index (χ0) is 34.6. The van der Waals surface area contributed by atoms with Gasteiger partial charge in [-0.05, 0) is 105 Å². The lowest BCUT2D eigenvalue weighted by molar-refractivity contribution is 1.34. The Kier molecular flexibility index (Phi) is 9.55. The van der Waals surface area contributed by atoms with Crippen molar-refractivity contribution in [1.82, 2.24) is 0 Å². The Morgan fingerprint density at radius 2 is 0.521 bits per heavy atom. The minimum atomic E-state index is 0.202. The van der Waals surface area contributed by atoms with Gasteiger partial charge in [0.25, 0.3) is 13.4 Å². The Morgan fingerprint density at radius 1 is 0.312 bits per heavy atom. The maximum Gasteiger partial charge on any atom is 0.255 e. The molecule has 242 valence electrons. The maximum absolute atomic E-state index is 2.40. The highest BCUT2D eigenvalue weighted by Crippen LogP contribution is 2.29. The van der Waals surface area contributed by atoms with Crippen molar-refractivity contribution in [3.63, 3.8) is 0 Å². The van der Waals surface area contributed by atoms with Crippen LogP contribution in [0.2, 0.25) is 0 Å². The summed E-state index contributed by atoms with van der Waals surface area (Å²) in [5, 5.41) is 0. The predicted molar refractivity (Wildman–Crippen MR) is 220 cm³/mol. The Bertz CT molecular complexity index is 1810. The monoisotopic (exact) mass is 662 g/mol. The van der Waals surface area contributed by atoms with Crippen molar-refractivity contribution in [3.05, 3.63) is 140 Å². The fourth-order valence-electron chi connectivity index (χ4n) is 8.72. The highest BCUT2D eigenvalue weighted by atomic mass is 32.1. The van der Waals surface area contributed by atoms with E-state index in [1.165, 1.54) is 108 Å². The molecule has 0 N–H and O–H groups in total. The van der Waals surface area contributed by atoms with Crippen LogP contribution in [0.25, 0.3) is 9.75 Å². The van der Waals surface area contributed by atoms with Crippen molar-refractivity contribution >= 4 is 67.5 Å². The van der Waals surface area contributed by atoms with Gasteiger partial charge in [0.15, 0.2) is 0 Å². The van der Waals surface area contributed by atoms with Crippen LogP contribution in [-0.4, -0.2) is 13.4 Å². The van der Waals surface area contributed by atoms with Gasteiger partial charge in [-0.25, -0.2) is 0 Å². The molecular weight excluding hydrogens is 614 g/mol. The van der Waals surface area contributed by atoms with Gasteiger partial charge in [-0.2, -0.15) is 0 Å². The molecule has 0 bridgehead atoms. The van der Waals surface area contributed by atoms with Crippen LogP contribution in [0.3, 0.4) is 0 Å². The standard InChI is InChI=1S/C44H48B2S2/c1-25-17-29(5)41(30(6)18-25)45(42-31(7)19-26(2)20-32(42)8)39-15-13-37(47-39)38-14-16-40(48-38)46(43-33(9)21-27(3)22-34(43)10)44-35(11)23-28(4)24-36(44)12/h13-24H,1-12H3. The fourth-order valence-corrected chi connectivity index (χ4v) is 11.1. The average Bonchev–Trinajstić information content (AvgIpc) is 3.64. The van der Waals surface area contributed by atoms with Gasteiger partial charge < -0.3 is 0 Å². The van der Waals surface area contributed by atoms with E-state index in [0.29, 0.717) is 0 Å². The summed E-state index contributed by atoms with van der Waals surface area (Å²) < 4.78 is 2.83. The maximum atomic E-state index is 2.40. The third-order valence-corrected chi connectivity index (χ3v) is 12.7. The second-order valence-corrected chi connectivity index (χ2v) is 16.8. The summed E-state index contributed by atoms with van der Waals surface area (Å²) in [5.74, 6) is 0. The SMILES string of the molecule is Cc1cc(C)c(B(c2ccc(-c3ccc(B(c4c(C)cc(C)cc4C)c4c(C)cc(C)cc4C)s3)s2)c2c(C)cc(C)cc2C)c(C)c1. The molecule has 0 spiro atoms. The molecule has 0 aliphatic heterocycles. The molecule has 2 aromatic heterocycles. The normalized spacial score (nSPS) is 11.3. The fraction of sp³-hybridized carbons (Fsp3) is 0.273. The van der Waals surface area contributed by atoms with E-state index in [2.05, 4.69) is 156 Å². The first-order chi connectivity index (χ1) is 22.7. The molecule has 0 radical (unpaired) electrons. The highest BCUT2D eigenvalue weighted by Gasteiger charge is 2.32. The molecule has 0 atom stereocenters. The quantitative estimate of drug-likeness (QED) is 0.151. The molecule has 0 aliphatic rings. The molecule has 0 unspecified atom stereocenters. The number of hydrogen-bond acceptors (Lipinski definition) is 2. The number of hydrogen-bond donors (Lipinski definition) is 0. The highest BCUT2D eigenvalue weighted by molar-refractivity contribution is 7.34. The Hall–Kier alpha value is -3.59. The lowest BCUT2D eigenvalue weighted by atomic mass is 9.37. The molecule has 48 heavy (non-hydrogen) atoms. The van der Waals surface area contributed by atoms with Crippen molar-refractivity contribution in [2.75, 3.05) is 0 Å². The van der Waals surface area contributed by atoms with Crippen molar-refractivity contribution < 1.29 is 0 Å². The topological polar surface area (TPSA) is 0 Å². The van der Waals surface area contributed by atoms with Crippen LogP contribution in [0.1, 0.15) is 66.8 Å². The van der Waals surface area contributed by atoms with Gasteiger partial charge in [-0.3, -0.25) is 0 Å². The number of benzene rings is 4. The van der Waals surface area contributed by atoms with Crippen LogP contribution < -0.4 is 31.4 Å². The van der Waals surface area contributed by atoms with Crippen LogP contribution in [0, 0.1) is 83.1 Å². The molecule has 4 heteroatoms. The summed E-state index contributed by atoms with van der Waals surface area (Å²) in [7, 11) is 0. The van der Waals surface area contributed by atoms with Gasteiger partial charge in [0.05, 0.1) is 0 Å². The van der Waals surface area contributed by atoms with Crippen molar-refractivity contribution in [2.45, 2.75) is 83.1 Å². The smallest absolute Gasteiger partial charge is 0.148 e. The van der Waals surface area contributed by atoms with Gasteiger partial charge >= 0.3 is 0 Å². The Labute approximate surface area is 298 Å². The summed E-state index contributed by atoms with van der Waals surface area (Å²) in [6.07, 6.45) is 0. The number of rotatable bonds is 7. The predicted octanol–water partition coefficient (Wildman–Crippen LogP) is 8.21. The first-order valence-electron chi connectivity index (χ1n) is 17.2. The number of aryl methyl sites for hydroxylation is 12.